The highest BCUT2D eigenvalue weighted by Crippen LogP contribution is 2.37. The van der Waals surface area contributed by atoms with Crippen LogP contribution in [-0.2, 0) is 6.42 Å². The first-order chi connectivity index (χ1) is 7.59. The number of hydrogen-bond donors (Lipinski definition) is 0. The maximum absolute atomic E-state index is 13.5. The number of hydrogen-bond acceptors (Lipinski definition) is 0. The molecule has 1 aromatic rings. The first kappa shape index (κ1) is 11.8. The number of benzene rings is 1. The molecule has 1 saturated carbocycles. The fourth-order valence-electron chi connectivity index (χ4n) is 2.47. The molecule has 0 amide bonds. The lowest BCUT2D eigenvalue weighted by Crippen LogP contribution is -2.14. The zero-order valence-corrected chi connectivity index (χ0v) is 9.98. The van der Waals surface area contributed by atoms with E-state index in [1.165, 1.54) is 0 Å². The van der Waals surface area contributed by atoms with E-state index in [9.17, 15) is 8.78 Å². The summed E-state index contributed by atoms with van der Waals surface area (Å²) in [6.45, 7) is 2.09. The van der Waals surface area contributed by atoms with Gasteiger partial charge in [0.1, 0.15) is 0 Å². The molecule has 2 rings (SSSR count). The lowest BCUT2D eigenvalue weighted by molar-refractivity contribution is 0.406. The Balaban J connectivity index is 2.12. The Labute approximate surface area is 99.6 Å². The normalized spacial score (nSPS) is 29.6. The molecule has 0 aromatic heterocycles. The zero-order valence-electron chi connectivity index (χ0n) is 9.22. The van der Waals surface area contributed by atoms with Gasteiger partial charge in [-0.15, -0.1) is 11.6 Å². The van der Waals surface area contributed by atoms with Gasteiger partial charge in [-0.3, -0.25) is 0 Å². The summed E-state index contributed by atoms with van der Waals surface area (Å²) in [5.74, 6) is -0.707. The summed E-state index contributed by atoms with van der Waals surface area (Å²) in [5.41, 5.74) is 0.475. The van der Waals surface area contributed by atoms with Gasteiger partial charge in [0.05, 0.1) is 0 Å². The van der Waals surface area contributed by atoms with E-state index >= 15 is 0 Å². The second kappa shape index (κ2) is 4.70. The molecule has 0 N–H and O–H groups in total. The van der Waals surface area contributed by atoms with Crippen molar-refractivity contribution in [1.29, 1.82) is 0 Å². The van der Waals surface area contributed by atoms with Gasteiger partial charge in [-0.25, -0.2) is 8.78 Å². The molecule has 1 aromatic carbocycles. The molecule has 3 unspecified atom stereocenters. The zero-order chi connectivity index (χ0) is 11.7. The summed E-state index contributed by atoms with van der Waals surface area (Å²) in [4.78, 5) is 0. The number of alkyl halides is 1. The van der Waals surface area contributed by atoms with Crippen molar-refractivity contribution < 1.29 is 8.78 Å². The number of halogens is 3. The van der Waals surface area contributed by atoms with Crippen LogP contribution in [0.1, 0.15) is 25.3 Å². The van der Waals surface area contributed by atoms with Crippen molar-refractivity contribution in [2.75, 3.05) is 0 Å². The van der Waals surface area contributed by atoms with Crippen LogP contribution in [0.2, 0.25) is 0 Å². The van der Waals surface area contributed by atoms with E-state index in [1.54, 1.807) is 12.1 Å². The van der Waals surface area contributed by atoms with Gasteiger partial charge in [-0.1, -0.05) is 19.1 Å². The monoisotopic (exact) mass is 244 g/mol. The van der Waals surface area contributed by atoms with E-state index in [2.05, 4.69) is 6.92 Å². The molecule has 16 heavy (non-hydrogen) atoms. The Kier molecular flexibility index (Phi) is 3.48. The van der Waals surface area contributed by atoms with Crippen molar-refractivity contribution in [2.45, 2.75) is 31.6 Å². The Morgan fingerprint density at radius 2 is 2.06 bits per heavy atom. The molecule has 0 saturated heterocycles. The smallest absolute Gasteiger partial charge is 0.162 e. The van der Waals surface area contributed by atoms with Crippen LogP contribution < -0.4 is 0 Å². The maximum atomic E-state index is 13.5. The minimum absolute atomic E-state index is 0.182. The number of rotatable bonds is 2. The molecule has 1 aliphatic rings. The van der Waals surface area contributed by atoms with E-state index in [0.717, 1.165) is 18.9 Å². The van der Waals surface area contributed by atoms with E-state index in [-0.39, 0.29) is 5.38 Å². The molecule has 1 aliphatic carbocycles. The summed E-state index contributed by atoms with van der Waals surface area (Å²) in [5, 5.41) is 0.182. The van der Waals surface area contributed by atoms with Gasteiger partial charge >= 0.3 is 0 Å². The molecular formula is C13H15ClF2. The first-order valence-corrected chi connectivity index (χ1v) is 6.10. The standard InChI is InChI=1S/C13H15ClF2/c1-8-9(5-6-11(8)14)7-10-3-2-4-12(15)13(10)16/h2-4,8-9,11H,5-7H2,1H3. The van der Waals surface area contributed by atoms with Crippen molar-refractivity contribution >= 4 is 11.6 Å². The Bertz CT molecular complexity index is 378. The van der Waals surface area contributed by atoms with E-state index < -0.39 is 11.6 Å². The molecule has 0 heterocycles. The second-order valence-corrected chi connectivity index (χ2v) is 5.19. The molecule has 0 spiro atoms. The lowest BCUT2D eigenvalue weighted by atomic mass is 9.90. The van der Waals surface area contributed by atoms with Crippen LogP contribution in [0, 0.1) is 23.5 Å². The van der Waals surface area contributed by atoms with Crippen LogP contribution in [0.5, 0.6) is 0 Å². The van der Waals surface area contributed by atoms with E-state index in [1.807, 2.05) is 0 Å². The molecule has 1 fully saturated rings. The molecule has 0 bridgehead atoms. The quantitative estimate of drug-likeness (QED) is 0.686. The molecule has 0 radical (unpaired) electrons. The molecule has 3 heteroatoms. The summed E-state index contributed by atoms with van der Waals surface area (Å²) in [7, 11) is 0. The minimum Gasteiger partial charge on any atom is -0.204 e. The summed E-state index contributed by atoms with van der Waals surface area (Å²) < 4.78 is 26.5. The molecule has 0 nitrogen and oxygen atoms in total. The van der Waals surface area contributed by atoms with Crippen molar-refractivity contribution in [1.82, 2.24) is 0 Å². The average Bonchev–Trinajstić information content (AvgIpc) is 2.57. The maximum Gasteiger partial charge on any atom is 0.162 e. The topological polar surface area (TPSA) is 0 Å². The van der Waals surface area contributed by atoms with Crippen LogP contribution in [0.25, 0.3) is 0 Å². The molecule has 0 aliphatic heterocycles. The van der Waals surface area contributed by atoms with E-state index in [4.69, 9.17) is 11.6 Å². The molecule has 88 valence electrons. The highest BCUT2D eigenvalue weighted by molar-refractivity contribution is 6.20. The lowest BCUT2D eigenvalue weighted by Gasteiger charge is -2.17. The second-order valence-electron chi connectivity index (χ2n) is 4.63. The van der Waals surface area contributed by atoms with Crippen LogP contribution in [0.15, 0.2) is 18.2 Å². The molecular weight excluding hydrogens is 230 g/mol. The Hall–Kier alpha value is -0.630. The van der Waals surface area contributed by atoms with Crippen molar-refractivity contribution in [3.05, 3.63) is 35.4 Å². The Morgan fingerprint density at radius 1 is 1.31 bits per heavy atom. The highest BCUT2D eigenvalue weighted by atomic mass is 35.5. The fourth-order valence-corrected chi connectivity index (χ4v) is 2.80. The Morgan fingerprint density at radius 3 is 2.69 bits per heavy atom. The largest absolute Gasteiger partial charge is 0.204 e. The van der Waals surface area contributed by atoms with Gasteiger partial charge < -0.3 is 0 Å². The predicted molar refractivity (Wildman–Crippen MR) is 61.6 cm³/mol. The van der Waals surface area contributed by atoms with Gasteiger partial charge in [0, 0.05) is 5.38 Å². The van der Waals surface area contributed by atoms with E-state index in [0.29, 0.717) is 23.8 Å². The minimum atomic E-state index is -0.759. The summed E-state index contributed by atoms with van der Waals surface area (Å²) in [6, 6.07) is 4.37. The van der Waals surface area contributed by atoms with Crippen LogP contribution in [0.4, 0.5) is 8.78 Å². The third kappa shape index (κ3) is 2.22. The van der Waals surface area contributed by atoms with Gasteiger partial charge in [0.15, 0.2) is 11.6 Å². The van der Waals surface area contributed by atoms with Crippen LogP contribution >= 0.6 is 11.6 Å². The van der Waals surface area contributed by atoms with Gasteiger partial charge in [0.2, 0.25) is 0 Å². The molecule has 3 atom stereocenters. The SMILES string of the molecule is CC1C(Cl)CCC1Cc1cccc(F)c1F. The first-order valence-electron chi connectivity index (χ1n) is 5.66. The predicted octanol–water partition coefficient (Wildman–Crippen LogP) is 4.16. The third-order valence-corrected chi connectivity index (χ3v) is 4.26. The van der Waals surface area contributed by atoms with Crippen molar-refractivity contribution in [3.63, 3.8) is 0 Å². The van der Waals surface area contributed by atoms with Crippen molar-refractivity contribution in [3.8, 4) is 0 Å². The van der Waals surface area contributed by atoms with Gasteiger partial charge in [-0.2, -0.15) is 0 Å². The van der Waals surface area contributed by atoms with Gasteiger partial charge in [-0.05, 0) is 42.7 Å². The summed E-state index contributed by atoms with van der Waals surface area (Å²) >= 11 is 6.13. The fraction of sp³-hybridized carbons (Fsp3) is 0.538. The average molecular weight is 245 g/mol. The highest BCUT2D eigenvalue weighted by Gasteiger charge is 2.31. The third-order valence-electron chi connectivity index (χ3n) is 3.64. The van der Waals surface area contributed by atoms with Crippen LogP contribution in [-0.4, -0.2) is 5.38 Å². The van der Waals surface area contributed by atoms with Crippen molar-refractivity contribution in [2.24, 2.45) is 11.8 Å². The van der Waals surface area contributed by atoms with Crippen LogP contribution in [0.3, 0.4) is 0 Å². The van der Waals surface area contributed by atoms with Gasteiger partial charge in [0.25, 0.3) is 0 Å². The summed E-state index contributed by atoms with van der Waals surface area (Å²) in [6.07, 6.45) is 2.57.